The topological polar surface area (TPSA) is 131 Å². The van der Waals surface area contributed by atoms with E-state index in [9.17, 15) is 19.2 Å². The number of fused-ring (bicyclic) bond motifs is 1. The molecule has 3 fully saturated rings. The Balaban J connectivity index is 1.19. The summed E-state index contributed by atoms with van der Waals surface area (Å²) >= 11 is 0. The Kier molecular flexibility index (Phi) is 11.3. The van der Waals surface area contributed by atoms with E-state index in [0.29, 0.717) is 49.9 Å². The summed E-state index contributed by atoms with van der Waals surface area (Å²) in [6.45, 7) is 12.2. The van der Waals surface area contributed by atoms with Crippen molar-refractivity contribution in [1.29, 1.82) is 0 Å². The molecule has 0 spiro atoms. The summed E-state index contributed by atoms with van der Waals surface area (Å²) in [7, 11) is 1.48. The number of hydrogen-bond donors (Lipinski definition) is 2. The number of halogens is 2. The molecular weight excluding hydrogens is 646 g/mol. The lowest BCUT2D eigenvalue weighted by Gasteiger charge is -2.33. The molecule has 1 aromatic carbocycles. The van der Waals surface area contributed by atoms with Crippen LogP contribution in [0.1, 0.15) is 105 Å². The number of benzene rings is 1. The van der Waals surface area contributed by atoms with Crippen molar-refractivity contribution in [2.24, 2.45) is 35.0 Å². The van der Waals surface area contributed by atoms with E-state index in [-0.39, 0.29) is 52.4 Å². The molecule has 12 heteroatoms. The summed E-state index contributed by atoms with van der Waals surface area (Å²) < 4.78 is 42.3. The number of alkyl halides is 2. The number of ketones is 1. The highest BCUT2D eigenvalue weighted by Gasteiger charge is 2.57. The maximum absolute atomic E-state index is 15.6. The number of aromatic amines is 1. The highest BCUT2D eigenvalue weighted by molar-refractivity contribution is 5.93. The molecular formula is C38H54F2N4O6. The molecule has 2 aromatic rings. The Labute approximate surface area is 293 Å². The first kappa shape index (κ1) is 37.7. The second kappa shape index (κ2) is 15.0. The van der Waals surface area contributed by atoms with Gasteiger partial charge in [0, 0.05) is 24.4 Å². The van der Waals surface area contributed by atoms with E-state index >= 15 is 8.78 Å². The summed E-state index contributed by atoms with van der Waals surface area (Å²) in [6.07, 6.45) is 4.64. The molecule has 5 rings (SSSR count). The third-order valence-corrected chi connectivity index (χ3v) is 11.0. The molecule has 276 valence electrons. The van der Waals surface area contributed by atoms with Gasteiger partial charge in [-0.25, -0.2) is 9.78 Å². The van der Waals surface area contributed by atoms with Crippen molar-refractivity contribution in [3.8, 4) is 5.75 Å². The largest absolute Gasteiger partial charge is 0.497 e. The number of amides is 2. The number of alkyl carbamates (subject to hydrolysis) is 1. The number of carbonyl (C=O) groups excluding carboxylic acids is 3. The van der Waals surface area contributed by atoms with E-state index in [2.05, 4.69) is 15.3 Å². The quantitative estimate of drug-likeness (QED) is 0.230. The number of ether oxygens (including phenoxy) is 2. The van der Waals surface area contributed by atoms with Crippen LogP contribution in [0.25, 0.3) is 11.0 Å². The predicted octanol–water partition coefficient (Wildman–Crippen LogP) is 6.99. The van der Waals surface area contributed by atoms with Gasteiger partial charge in [0.25, 0.3) is 11.5 Å². The molecule has 1 aliphatic heterocycles. The number of aromatic nitrogens is 2. The number of H-pyrrole nitrogens is 1. The lowest BCUT2D eigenvalue weighted by Crippen LogP contribution is -2.54. The average molecular weight is 701 g/mol. The van der Waals surface area contributed by atoms with E-state index < -0.39 is 41.3 Å². The zero-order chi connectivity index (χ0) is 36.5. The van der Waals surface area contributed by atoms with E-state index in [1.165, 1.54) is 7.11 Å². The fourth-order valence-electron chi connectivity index (χ4n) is 8.11. The minimum absolute atomic E-state index is 0.0153. The minimum atomic E-state index is -3.38. The van der Waals surface area contributed by atoms with Crippen molar-refractivity contribution in [2.75, 3.05) is 13.7 Å². The molecule has 0 bridgehead atoms. The van der Waals surface area contributed by atoms with Crippen LogP contribution in [0.5, 0.6) is 5.75 Å². The van der Waals surface area contributed by atoms with Crippen molar-refractivity contribution in [3.05, 3.63) is 34.2 Å². The van der Waals surface area contributed by atoms with E-state index in [1.807, 2.05) is 41.5 Å². The Morgan fingerprint density at radius 1 is 1.08 bits per heavy atom. The van der Waals surface area contributed by atoms with Crippen molar-refractivity contribution in [1.82, 2.24) is 20.2 Å². The van der Waals surface area contributed by atoms with Crippen LogP contribution >= 0.6 is 0 Å². The SMILES string of the molecule is CCC1CCN(C(=O)C(CC(C)(C)C)NC(=O)OC2CCCC2CCC2CC2C(F)(F)c2nc3ccc(OC)cc3[nH]c2=O)C1C(=O)C(C)C. The van der Waals surface area contributed by atoms with Crippen LogP contribution in [-0.4, -0.2) is 64.5 Å². The lowest BCUT2D eigenvalue weighted by molar-refractivity contribution is -0.141. The molecule has 3 aliphatic rings. The highest BCUT2D eigenvalue weighted by Crippen LogP contribution is 2.56. The first-order valence-corrected chi connectivity index (χ1v) is 18.3. The number of rotatable bonds is 13. The molecule has 2 heterocycles. The van der Waals surface area contributed by atoms with Crippen LogP contribution < -0.4 is 15.6 Å². The van der Waals surface area contributed by atoms with Crippen LogP contribution in [0.4, 0.5) is 13.6 Å². The molecule has 0 radical (unpaired) electrons. The Morgan fingerprint density at radius 3 is 2.46 bits per heavy atom. The Bertz CT molecular complexity index is 1620. The fourth-order valence-corrected chi connectivity index (χ4v) is 8.11. The third-order valence-electron chi connectivity index (χ3n) is 11.0. The molecule has 50 heavy (non-hydrogen) atoms. The number of nitrogens with zero attached hydrogens (tertiary/aromatic N) is 2. The first-order chi connectivity index (χ1) is 23.5. The maximum Gasteiger partial charge on any atom is 0.408 e. The van der Waals surface area contributed by atoms with Gasteiger partial charge in [0.2, 0.25) is 5.91 Å². The van der Waals surface area contributed by atoms with Gasteiger partial charge in [-0.05, 0) is 86.7 Å². The molecule has 10 nitrogen and oxygen atoms in total. The van der Waals surface area contributed by atoms with Crippen molar-refractivity contribution >= 4 is 28.8 Å². The molecule has 2 N–H and O–H groups in total. The average Bonchev–Trinajstić information content (AvgIpc) is 3.52. The Morgan fingerprint density at radius 2 is 1.80 bits per heavy atom. The van der Waals surface area contributed by atoms with E-state index in [1.54, 1.807) is 23.1 Å². The lowest BCUT2D eigenvalue weighted by atomic mass is 9.86. The molecule has 1 saturated heterocycles. The zero-order valence-electron chi connectivity index (χ0n) is 30.5. The molecule has 7 atom stereocenters. The van der Waals surface area contributed by atoms with Gasteiger partial charge in [0.15, 0.2) is 11.5 Å². The van der Waals surface area contributed by atoms with Gasteiger partial charge < -0.3 is 24.7 Å². The predicted molar refractivity (Wildman–Crippen MR) is 186 cm³/mol. The second-order valence-corrected chi connectivity index (χ2v) is 16.2. The normalized spacial score (nSPS) is 25.9. The van der Waals surface area contributed by atoms with Gasteiger partial charge in [-0.1, -0.05) is 48.0 Å². The summed E-state index contributed by atoms with van der Waals surface area (Å²) in [4.78, 5) is 61.4. The van der Waals surface area contributed by atoms with Crippen LogP contribution in [0.2, 0.25) is 0 Å². The van der Waals surface area contributed by atoms with Crippen LogP contribution in [-0.2, 0) is 20.2 Å². The second-order valence-electron chi connectivity index (χ2n) is 16.2. The van der Waals surface area contributed by atoms with Crippen molar-refractivity contribution < 1.29 is 32.6 Å². The van der Waals surface area contributed by atoms with E-state index in [0.717, 1.165) is 25.7 Å². The van der Waals surface area contributed by atoms with E-state index in [4.69, 9.17) is 9.47 Å². The van der Waals surface area contributed by atoms with Crippen molar-refractivity contribution in [3.63, 3.8) is 0 Å². The maximum atomic E-state index is 15.6. The van der Waals surface area contributed by atoms with Gasteiger partial charge >= 0.3 is 6.09 Å². The number of methoxy groups -OCH3 is 1. The summed E-state index contributed by atoms with van der Waals surface area (Å²) in [6, 6.07) is 3.37. The molecule has 2 saturated carbocycles. The van der Waals surface area contributed by atoms with Crippen LogP contribution in [0.15, 0.2) is 23.0 Å². The minimum Gasteiger partial charge on any atom is -0.497 e. The number of hydrogen-bond acceptors (Lipinski definition) is 7. The smallest absolute Gasteiger partial charge is 0.408 e. The van der Waals surface area contributed by atoms with Crippen LogP contribution in [0.3, 0.4) is 0 Å². The summed E-state index contributed by atoms with van der Waals surface area (Å²) in [5.41, 5.74) is -1.36. The molecule has 1 aromatic heterocycles. The Hall–Kier alpha value is -3.57. The number of carbonyl (C=O) groups is 3. The molecule has 7 unspecified atom stereocenters. The number of nitrogens with one attached hydrogen (secondary N) is 2. The third kappa shape index (κ3) is 8.31. The van der Waals surface area contributed by atoms with Crippen LogP contribution in [0, 0.1) is 35.0 Å². The van der Waals surface area contributed by atoms with Gasteiger partial charge in [-0.3, -0.25) is 14.4 Å². The van der Waals surface area contributed by atoms with Crippen molar-refractivity contribution in [2.45, 2.75) is 123 Å². The monoisotopic (exact) mass is 700 g/mol. The van der Waals surface area contributed by atoms with Gasteiger partial charge in [0.1, 0.15) is 17.9 Å². The standard InChI is InChI=1S/C38H54F2N4O6/c1-8-22-16-17-44(31(22)32(45)21(2)3)35(47)29(20-37(4,5)6)43-36(48)50-30-11-9-10-23(30)12-13-24-18-26(24)38(39,40)33-34(46)42-28-19-25(49-7)14-15-27(28)41-33/h14-15,19,21-24,26,29-31H,8-13,16-18,20H2,1-7H3,(H,42,46)(H,43,48). The first-order valence-electron chi connectivity index (χ1n) is 18.3. The summed E-state index contributed by atoms with van der Waals surface area (Å²) in [5.74, 6) is -4.45. The zero-order valence-corrected chi connectivity index (χ0v) is 30.5. The number of likely N-dealkylation sites (tertiary alicyclic amines) is 1. The highest BCUT2D eigenvalue weighted by atomic mass is 19.3. The number of Topliss-reactive ketones (excluding diaryl/α,β-unsaturated/α-hetero) is 1. The summed E-state index contributed by atoms with van der Waals surface area (Å²) in [5, 5.41) is 2.86. The fraction of sp³-hybridized carbons (Fsp3) is 0.711. The van der Waals surface area contributed by atoms with Gasteiger partial charge in [0.05, 0.1) is 24.2 Å². The molecule has 2 amide bonds. The van der Waals surface area contributed by atoms with Gasteiger partial charge in [-0.15, -0.1) is 0 Å². The molecule has 2 aliphatic carbocycles. The van der Waals surface area contributed by atoms with Gasteiger partial charge in [-0.2, -0.15) is 8.78 Å².